The molecule has 2 N–H and O–H groups in total. The molecule has 1 aliphatic heterocycles. The number of carbonyl (C=O) groups excluding carboxylic acids is 2. The van der Waals surface area contributed by atoms with Crippen LogP contribution in [0.4, 0.5) is 27.0 Å². The van der Waals surface area contributed by atoms with E-state index in [1.165, 1.54) is 4.68 Å². The fraction of sp³-hybridized carbons (Fsp3) is 0.516. The zero-order chi connectivity index (χ0) is 31.2. The summed E-state index contributed by atoms with van der Waals surface area (Å²) >= 11 is 0. The first-order chi connectivity index (χ1) is 20.1. The molecule has 4 aromatic rings. The highest BCUT2D eigenvalue weighted by Gasteiger charge is 2.33. The third-order valence-corrected chi connectivity index (χ3v) is 7.30. The van der Waals surface area contributed by atoms with E-state index in [2.05, 4.69) is 32.5 Å². The smallest absolute Gasteiger partial charge is 0.435 e. The van der Waals surface area contributed by atoms with Crippen LogP contribution in [0.15, 0.2) is 34.9 Å². The zero-order valence-electron chi connectivity index (χ0n) is 26.2. The number of alkyl carbamates (subject to hydrolysis) is 1. The number of furan rings is 1. The van der Waals surface area contributed by atoms with Crippen molar-refractivity contribution in [2.75, 3.05) is 29.9 Å². The Kier molecular flexibility index (Phi) is 7.74. The number of ether oxygens (including phenoxy) is 2. The van der Waals surface area contributed by atoms with E-state index in [1.54, 1.807) is 6.26 Å². The minimum absolute atomic E-state index is 0.0750. The van der Waals surface area contributed by atoms with Gasteiger partial charge in [-0.25, -0.2) is 14.6 Å². The molecule has 43 heavy (non-hydrogen) atoms. The van der Waals surface area contributed by atoms with E-state index < -0.39 is 23.4 Å². The number of rotatable bonds is 5. The minimum Gasteiger partial charge on any atom is -0.459 e. The lowest BCUT2D eigenvalue weighted by Crippen LogP contribution is -2.46. The SMILES string of the molecule is Cc1nn(C(=O)OC(C)(C)C)c2cc(Nc3nc(N4CCC(C)(CNC(=O)OC(C)(C)C)CC4)c4occc4n3)ccc12. The van der Waals surface area contributed by atoms with Crippen molar-refractivity contribution in [3.05, 3.63) is 36.2 Å². The number of piperidine rings is 1. The Morgan fingerprint density at radius 1 is 1.02 bits per heavy atom. The van der Waals surface area contributed by atoms with Crippen molar-refractivity contribution in [1.82, 2.24) is 25.1 Å². The van der Waals surface area contributed by atoms with Gasteiger partial charge in [0.05, 0.1) is 17.5 Å². The van der Waals surface area contributed by atoms with Gasteiger partial charge in [0.1, 0.15) is 16.7 Å². The van der Waals surface area contributed by atoms with E-state index in [9.17, 15) is 9.59 Å². The molecule has 0 spiro atoms. The molecule has 4 heterocycles. The lowest BCUT2D eigenvalue weighted by molar-refractivity contribution is 0.0491. The average molecular weight is 592 g/mol. The highest BCUT2D eigenvalue weighted by molar-refractivity contribution is 5.92. The monoisotopic (exact) mass is 591 g/mol. The van der Waals surface area contributed by atoms with E-state index in [4.69, 9.17) is 18.9 Å². The molecule has 1 amide bonds. The summed E-state index contributed by atoms with van der Waals surface area (Å²) < 4.78 is 18.0. The van der Waals surface area contributed by atoms with E-state index in [-0.39, 0.29) is 5.41 Å². The molecule has 0 radical (unpaired) electrons. The summed E-state index contributed by atoms with van der Waals surface area (Å²) in [7, 11) is 0. The van der Waals surface area contributed by atoms with Gasteiger partial charge >= 0.3 is 12.2 Å². The quantitative estimate of drug-likeness (QED) is 0.263. The predicted octanol–water partition coefficient (Wildman–Crippen LogP) is 6.54. The van der Waals surface area contributed by atoms with E-state index in [0.29, 0.717) is 40.6 Å². The largest absolute Gasteiger partial charge is 0.459 e. The minimum atomic E-state index is -0.649. The number of hydrogen-bond acceptors (Lipinski definition) is 10. The van der Waals surface area contributed by atoms with Gasteiger partial charge in [0, 0.05) is 36.8 Å². The molecule has 1 aromatic carbocycles. The Balaban J connectivity index is 1.34. The summed E-state index contributed by atoms with van der Waals surface area (Å²) in [6.07, 6.45) is 2.37. The van der Waals surface area contributed by atoms with Crippen LogP contribution in [0.5, 0.6) is 0 Å². The third kappa shape index (κ3) is 7.00. The van der Waals surface area contributed by atoms with Crippen LogP contribution in [0.2, 0.25) is 0 Å². The zero-order valence-corrected chi connectivity index (χ0v) is 26.2. The normalized spacial score (nSPS) is 15.5. The summed E-state index contributed by atoms with van der Waals surface area (Å²) in [4.78, 5) is 36.8. The van der Waals surface area contributed by atoms with Crippen molar-refractivity contribution in [2.45, 2.75) is 79.4 Å². The van der Waals surface area contributed by atoms with Gasteiger partial charge in [-0.2, -0.15) is 14.8 Å². The van der Waals surface area contributed by atoms with Crippen LogP contribution >= 0.6 is 0 Å². The number of hydrogen-bond donors (Lipinski definition) is 2. The second kappa shape index (κ2) is 11.1. The lowest BCUT2D eigenvalue weighted by atomic mass is 9.80. The van der Waals surface area contributed by atoms with Crippen LogP contribution < -0.4 is 15.5 Å². The number of aromatic nitrogens is 4. The van der Waals surface area contributed by atoms with Gasteiger partial charge in [0.25, 0.3) is 0 Å². The number of benzene rings is 1. The number of fused-ring (bicyclic) bond motifs is 2. The maximum atomic E-state index is 12.9. The summed E-state index contributed by atoms with van der Waals surface area (Å²) in [5, 5.41) is 11.5. The molecule has 0 unspecified atom stereocenters. The van der Waals surface area contributed by atoms with Gasteiger partial charge in [-0.3, -0.25) is 0 Å². The van der Waals surface area contributed by atoms with Gasteiger partial charge in [-0.15, -0.1) is 0 Å². The molecule has 0 aliphatic carbocycles. The molecule has 1 aliphatic rings. The second-order valence-corrected chi connectivity index (χ2v) is 13.5. The number of nitrogens with zero attached hydrogens (tertiary/aromatic N) is 5. The maximum Gasteiger partial charge on any atom is 0.435 e. The number of carbonyl (C=O) groups is 2. The average Bonchev–Trinajstić information content (AvgIpc) is 3.50. The molecule has 1 saturated heterocycles. The molecule has 0 saturated carbocycles. The lowest BCUT2D eigenvalue weighted by Gasteiger charge is -2.40. The molecule has 3 aromatic heterocycles. The summed E-state index contributed by atoms with van der Waals surface area (Å²) in [6, 6.07) is 7.47. The van der Waals surface area contributed by atoms with Gasteiger partial charge in [-0.1, -0.05) is 6.92 Å². The Bertz CT molecular complexity index is 1650. The highest BCUT2D eigenvalue weighted by atomic mass is 16.6. The topological polar surface area (TPSA) is 137 Å². The van der Waals surface area contributed by atoms with Crippen LogP contribution in [0.3, 0.4) is 0 Å². The van der Waals surface area contributed by atoms with Crippen molar-refractivity contribution >= 4 is 51.6 Å². The second-order valence-electron chi connectivity index (χ2n) is 13.5. The Hall–Kier alpha value is -4.35. The fourth-order valence-electron chi connectivity index (χ4n) is 5.07. The Morgan fingerprint density at radius 3 is 2.40 bits per heavy atom. The first-order valence-electron chi connectivity index (χ1n) is 14.6. The van der Waals surface area contributed by atoms with E-state index >= 15 is 0 Å². The number of anilines is 3. The van der Waals surface area contributed by atoms with E-state index in [0.717, 1.165) is 37.0 Å². The first kappa shape index (κ1) is 30.1. The molecule has 5 rings (SSSR count). The molecule has 1 fully saturated rings. The standard InChI is InChI=1S/C31H41N7O5/c1-19-21-10-9-20(17-23(21)38(36-19)28(40)43-30(5,6)7)33-26-34-22-11-16-41-24(22)25(35-26)37-14-12-31(8,13-15-37)18-32-27(39)42-29(2,3)4/h9-11,16-17H,12-15,18H2,1-8H3,(H,32,39)(H,33,34,35). The Morgan fingerprint density at radius 2 is 1.72 bits per heavy atom. The maximum absolute atomic E-state index is 12.9. The number of nitrogens with one attached hydrogen (secondary N) is 2. The summed E-state index contributed by atoms with van der Waals surface area (Å²) in [5.41, 5.74) is 2.09. The van der Waals surface area contributed by atoms with Gasteiger partial charge in [-0.05, 0) is 84.9 Å². The highest BCUT2D eigenvalue weighted by Crippen LogP contribution is 2.35. The van der Waals surface area contributed by atoms with Gasteiger partial charge < -0.3 is 29.4 Å². The molecule has 0 atom stereocenters. The van der Waals surface area contributed by atoms with Crippen LogP contribution in [0.25, 0.3) is 22.0 Å². The van der Waals surface area contributed by atoms with Crippen molar-refractivity contribution < 1.29 is 23.5 Å². The molecule has 0 bridgehead atoms. The molecule has 12 heteroatoms. The van der Waals surface area contributed by atoms with Crippen molar-refractivity contribution in [3.63, 3.8) is 0 Å². The van der Waals surface area contributed by atoms with Crippen LogP contribution in [0, 0.1) is 12.3 Å². The van der Waals surface area contributed by atoms with Gasteiger partial charge in [0.15, 0.2) is 11.4 Å². The van der Waals surface area contributed by atoms with Crippen molar-refractivity contribution in [3.8, 4) is 0 Å². The molecular weight excluding hydrogens is 550 g/mol. The summed E-state index contributed by atoms with van der Waals surface area (Å²) in [5.74, 6) is 1.11. The third-order valence-electron chi connectivity index (χ3n) is 7.30. The summed E-state index contributed by atoms with van der Waals surface area (Å²) in [6.45, 7) is 17.1. The number of aryl methyl sites for hydroxylation is 1. The van der Waals surface area contributed by atoms with E-state index in [1.807, 2.05) is 72.7 Å². The first-order valence-corrected chi connectivity index (χ1v) is 14.6. The molecule has 12 nitrogen and oxygen atoms in total. The van der Waals surface area contributed by atoms with Gasteiger partial charge in [0.2, 0.25) is 5.95 Å². The van der Waals surface area contributed by atoms with Crippen LogP contribution in [-0.2, 0) is 9.47 Å². The van der Waals surface area contributed by atoms with Crippen molar-refractivity contribution in [2.24, 2.45) is 5.41 Å². The number of amides is 1. The molecule has 230 valence electrons. The molecular formula is C31H41N7O5. The fourth-order valence-corrected chi connectivity index (χ4v) is 5.07. The Labute approximate surface area is 251 Å². The van der Waals surface area contributed by atoms with Crippen LogP contribution in [-0.4, -0.2) is 62.8 Å². The van der Waals surface area contributed by atoms with Crippen LogP contribution in [0.1, 0.15) is 67.0 Å². The van der Waals surface area contributed by atoms with Crippen molar-refractivity contribution in [1.29, 1.82) is 0 Å². The predicted molar refractivity (Wildman–Crippen MR) is 165 cm³/mol.